The van der Waals surface area contributed by atoms with Crippen molar-refractivity contribution in [3.05, 3.63) is 12.2 Å². The van der Waals surface area contributed by atoms with E-state index in [1.54, 1.807) is 6.08 Å². The van der Waals surface area contributed by atoms with Crippen LogP contribution in [0.3, 0.4) is 0 Å². The molecule has 0 saturated heterocycles. The summed E-state index contributed by atoms with van der Waals surface area (Å²) in [4.78, 5) is 11.2. The van der Waals surface area contributed by atoms with E-state index in [1.807, 2.05) is 0 Å². The molecule has 2 rings (SSSR count). The molecule has 0 aromatic rings. The quantitative estimate of drug-likeness (QED) is 0.472. The van der Waals surface area contributed by atoms with E-state index in [4.69, 9.17) is 0 Å². The molecule has 0 saturated carbocycles. The molecule has 2 aliphatic heterocycles. The van der Waals surface area contributed by atoms with E-state index in [1.165, 1.54) is 12.4 Å². The average molecular weight is 137 g/mol. The Hall–Kier alpha value is -1.32. The van der Waals surface area contributed by atoms with Gasteiger partial charge in [0.05, 0.1) is 0 Å². The highest BCUT2D eigenvalue weighted by atomic mass is 19.1. The number of hydrogen-bond donors (Lipinski definition) is 0. The van der Waals surface area contributed by atoms with Crippen LogP contribution in [0.5, 0.6) is 0 Å². The van der Waals surface area contributed by atoms with Crippen LogP contribution in [-0.2, 0) is 0 Å². The Balaban J connectivity index is 2.39. The Morgan fingerprint density at radius 1 is 1.50 bits per heavy atom. The van der Waals surface area contributed by atoms with Crippen molar-refractivity contribution >= 4 is 18.1 Å². The summed E-state index contributed by atoms with van der Waals surface area (Å²) in [6.07, 6.45) is 4.32. The molecular formula is C6H4FN3. The van der Waals surface area contributed by atoms with Crippen molar-refractivity contribution in [2.45, 2.75) is 6.04 Å². The van der Waals surface area contributed by atoms with Crippen LogP contribution in [0.25, 0.3) is 0 Å². The van der Waals surface area contributed by atoms with E-state index in [0.29, 0.717) is 5.84 Å². The fourth-order valence-corrected chi connectivity index (χ4v) is 0.855. The molecule has 4 heteroatoms. The van der Waals surface area contributed by atoms with Crippen LogP contribution in [0.1, 0.15) is 0 Å². The maximum Gasteiger partial charge on any atom is 0.214 e. The molecule has 0 N–H and O–H groups in total. The van der Waals surface area contributed by atoms with Crippen LogP contribution in [0, 0.1) is 0 Å². The monoisotopic (exact) mass is 137 g/mol. The van der Waals surface area contributed by atoms with Crippen LogP contribution < -0.4 is 0 Å². The Kier molecular flexibility index (Phi) is 1.00. The first-order chi connectivity index (χ1) is 4.86. The van der Waals surface area contributed by atoms with Crippen LogP contribution in [0.4, 0.5) is 4.39 Å². The third-order valence-electron chi connectivity index (χ3n) is 1.32. The second-order valence-corrected chi connectivity index (χ2v) is 1.99. The van der Waals surface area contributed by atoms with Gasteiger partial charge in [0.1, 0.15) is 12.4 Å². The predicted octanol–water partition coefficient (Wildman–Crippen LogP) is 0.733. The summed E-state index contributed by atoms with van der Waals surface area (Å²) in [5.74, 6) is -0.0551. The van der Waals surface area contributed by atoms with E-state index < -0.39 is 5.97 Å². The molecule has 0 radical (unpaired) electrons. The first kappa shape index (κ1) is 5.46. The molecule has 0 fully saturated rings. The summed E-state index contributed by atoms with van der Waals surface area (Å²) in [5, 5.41) is 0. The molecule has 0 bridgehead atoms. The largest absolute Gasteiger partial charge is 0.258 e. The Morgan fingerprint density at radius 3 is 3.30 bits per heavy atom. The summed E-state index contributed by atoms with van der Waals surface area (Å²) in [5.41, 5.74) is 0. The fourth-order valence-electron chi connectivity index (χ4n) is 0.855. The van der Waals surface area contributed by atoms with Crippen molar-refractivity contribution < 1.29 is 4.39 Å². The number of fused-ring (bicyclic) bond motifs is 1. The van der Waals surface area contributed by atoms with Gasteiger partial charge < -0.3 is 0 Å². The van der Waals surface area contributed by atoms with Gasteiger partial charge in [-0.1, -0.05) is 0 Å². The molecular weight excluding hydrogens is 133 g/mol. The first-order valence-corrected chi connectivity index (χ1v) is 2.88. The van der Waals surface area contributed by atoms with Crippen molar-refractivity contribution in [2.75, 3.05) is 0 Å². The topological polar surface area (TPSA) is 37.1 Å². The average Bonchev–Trinajstić information content (AvgIpc) is 2.33. The Bertz CT molecular complexity index is 275. The van der Waals surface area contributed by atoms with Crippen LogP contribution in [0.2, 0.25) is 0 Å². The molecule has 3 nitrogen and oxygen atoms in total. The normalized spacial score (nSPS) is 27.9. The maximum absolute atomic E-state index is 12.3. The molecule has 2 aliphatic rings. The molecule has 0 unspecified atom stereocenters. The standard InChI is InChI=1S/C6H4FN3/c7-5-2-1-4-6(10-5)9-3-8-4/h1-4H/t4-/m1/s1. The predicted molar refractivity (Wildman–Crippen MR) is 37.4 cm³/mol. The van der Waals surface area contributed by atoms with E-state index in [2.05, 4.69) is 15.0 Å². The molecule has 0 amide bonds. The summed E-state index contributed by atoms with van der Waals surface area (Å²) in [6.45, 7) is 0. The molecule has 1 atom stereocenters. The lowest BCUT2D eigenvalue weighted by molar-refractivity contribution is 0.809. The van der Waals surface area contributed by atoms with Gasteiger partial charge in [0.2, 0.25) is 5.97 Å². The lowest BCUT2D eigenvalue weighted by Crippen LogP contribution is -2.15. The summed E-state index contributed by atoms with van der Waals surface area (Å²) in [6, 6.07) is -0.139. The number of halogens is 1. The van der Waals surface area contributed by atoms with Crippen molar-refractivity contribution in [3.8, 4) is 0 Å². The third kappa shape index (κ3) is 0.689. The number of dihydropyridines is 1. The number of rotatable bonds is 0. The Labute approximate surface area is 56.7 Å². The molecule has 0 aromatic heterocycles. The number of amidine groups is 1. The Morgan fingerprint density at radius 2 is 2.40 bits per heavy atom. The van der Waals surface area contributed by atoms with E-state index in [9.17, 15) is 4.39 Å². The minimum Gasteiger partial charge on any atom is -0.258 e. The van der Waals surface area contributed by atoms with E-state index in [0.717, 1.165) is 0 Å². The molecule has 0 aromatic carbocycles. The first-order valence-electron chi connectivity index (χ1n) is 2.88. The van der Waals surface area contributed by atoms with Gasteiger partial charge in [0.25, 0.3) is 0 Å². The van der Waals surface area contributed by atoms with Gasteiger partial charge in [-0.3, -0.25) is 4.99 Å². The van der Waals surface area contributed by atoms with Crippen molar-refractivity contribution in [2.24, 2.45) is 15.0 Å². The van der Waals surface area contributed by atoms with Gasteiger partial charge in [-0.2, -0.15) is 4.39 Å². The van der Waals surface area contributed by atoms with Gasteiger partial charge in [0, 0.05) is 0 Å². The second kappa shape index (κ2) is 1.83. The number of nitrogens with zero attached hydrogens (tertiary/aromatic N) is 3. The van der Waals surface area contributed by atoms with Gasteiger partial charge >= 0.3 is 0 Å². The summed E-state index contributed by atoms with van der Waals surface area (Å²) >= 11 is 0. The lowest BCUT2D eigenvalue weighted by atomic mass is 10.2. The maximum atomic E-state index is 12.3. The zero-order valence-corrected chi connectivity index (χ0v) is 5.03. The minimum absolute atomic E-state index is 0.139. The molecule has 0 aliphatic carbocycles. The number of aliphatic imine (C=N–C) groups is 3. The second-order valence-electron chi connectivity index (χ2n) is 1.99. The smallest absolute Gasteiger partial charge is 0.214 e. The summed E-state index contributed by atoms with van der Waals surface area (Å²) < 4.78 is 12.3. The minimum atomic E-state index is -0.500. The van der Waals surface area contributed by atoms with Crippen molar-refractivity contribution in [1.29, 1.82) is 0 Å². The highest BCUT2D eigenvalue weighted by Gasteiger charge is 2.18. The lowest BCUT2D eigenvalue weighted by Gasteiger charge is -2.03. The highest BCUT2D eigenvalue weighted by Crippen LogP contribution is 2.09. The number of hydrogen-bond acceptors (Lipinski definition) is 3. The zero-order valence-electron chi connectivity index (χ0n) is 5.03. The zero-order chi connectivity index (χ0) is 6.97. The van der Waals surface area contributed by atoms with E-state index in [-0.39, 0.29) is 6.04 Å². The van der Waals surface area contributed by atoms with Gasteiger partial charge in [0.15, 0.2) is 5.84 Å². The molecule has 0 spiro atoms. The van der Waals surface area contributed by atoms with Crippen molar-refractivity contribution in [1.82, 2.24) is 0 Å². The van der Waals surface area contributed by atoms with Crippen LogP contribution >= 0.6 is 0 Å². The number of allylic oxidation sites excluding steroid dienone is 1. The van der Waals surface area contributed by atoms with Gasteiger partial charge in [-0.05, 0) is 12.2 Å². The highest BCUT2D eigenvalue weighted by molar-refractivity contribution is 6.09. The SMILES string of the molecule is FC1=NC2=NC=N[C@@H]2C=C1. The fraction of sp³-hybridized carbons (Fsp3) is 0.167. The molecule has 2 heterocycles. The van der Waals surface area contributed by atoms with E-state index >= 15 is 0 Å². The summed E-state index contributed by atoms with van der Waals surface area (Å²) in [7, 11) is 0. The van der Waals surface area contributed by atoms with Crippen molar-refractivity contribution in [3.63, 3.8) is 0 Å². The molecule has 10 heavy (non-hydrogen) atoms. The molecule has 50 valence electrons. The van der Waals surface area contributed by atoms with Gasteiger partial charge in [-0.15, -0.1) is 0 Å². The van der Waals surface area contributed by atoms with Crippen LogP contribution in [-0.4, -0.2) is 24.2 Å². The van der Waals surface area contributed by atoms with Gasteiger partial charge in [-0.25, -0.2) is 9.98 Å². The third-order valence-corrected chi connectivity index (χ3v) is 1.32. The van der Waals surface area contributed by atoms with Crippen LogP contribution in [0.15, 0.2) is 27.1 Å².